The van der Waals surface area contributed by atoms with Crippen molar-refractivity contribution < 1.29 is 12.8 Å². The molecule has 6 nitrogen and oxygen atoms in total. The third-order valence-electron chi connectivity index (χ3n) is 2.54. The number of imidazole rings is 1. The maximum Gasteiger partial charge on any atom is 0.242 e. The molecule has 1 heterocycles. The molecule has 0 amide bonds. The number of hydrogen-bond acceptors (Lipinski definition) is 4. The molecule has 8 heteroatoms. The van der Waals surface area contributed by atoms with Gasteiger partial charge in [-0.2, -0.15) is 0 Å². The second-order valence-electron chi connectivity index (χ2n) is 4.01. The van der Waals surface area contributed by atoms with Crippen LogP contribution in [0.5, 0.6) is 0 Å². The number of halogens is 1. The van der Waals surface area contributed by atoms with Gasteiger partial charge in [-0.05, 0) is 18.2 Å². The fraction of sp³-hybridized carbons (Fsp3) is 0.154. The van der Waals surface area contributed by atoms with Crippen LogP contribution in [0.2, 0.25) is 0 Å². The number of nitrogens with zero attached hydrogens (tertiary/aromatic N) is 1. The number of sulfonamides is 1. The van der Waals surface area contributed by atoms with Gasteiger partial charge in [-0.15, -0.1) is 0 Å². The molecule has 0 saturated heterocycles. The Morgan fingerprint density at radius 1 is 1.43 bits per heavy atom. The highest BCUT2D eigenvalue weighted by Crippen LogP contribution is 2.16. The van der Waals surface area contributed by atoms with Crippen molar-refractivity contribution in [3.05, 3.63) is 47.8 Å². The van der Waals surface area contributed by atoms with Gasteiger partial charge in [0.2, 0.25) is 10.0 Å². The zero-order valence-electron chi connectivity index (χ0n) is 10.9. The van der Waals surface area contributed by atoms with Gasteiger partial charge in [-0.1, -0.05) is 11.8 Å². The Labute approximate surface area is 121 Å². The zero-order valence-corrected chi connectivity index (χ0v) is 11.7. The second kappa shape index (κ2) is 6.49. The molecular weight excluding hydrogens is 295 g/mol. The van der Waals surface area contributed by atoms with Crippen LogP contribution in [-0.2, 0) is 16.6 Å². The van der Waals surface area contributed by atoms with E-state index >= 15 is 0 Å². The maximum absolute atomic E-state index is 13.2. The Balaban J connectivity index is 2.30. The van der Waals surface area contributed by atoms with E-state index in [0.717, 1.165) is 12.1 Å². The molecule has 21 heavy (non-hydrogen) atoms. The third-order valence-corrected chi connectivity index (χ3v) is 4.00. The molecule has 2 rings (SSSR count). The number of nitrogens with two attached hydrogens (primary N) is 1. The predicted molar refractivity (Wildman–Crippen MR) is 74.9 cm³/mol. The summed E-state index contributed by atoms with van der Waals surface area (Å²) >= 11 is 0. The van der Waals surface area contributed by atoms with Crippen molar-refractivity contribution in [1.29, 1.82) is 0 Å². The van der Waals surface area contributed by atoms with Crippen LogP contribution in [0.4, 0.5) is 4.39 Å². The van der Waals surface area contributed by atoms with Crippen LogP contribution < -0.4 is 10.5 Å². The van der Waals surface area contributed by atoms with Crippen LogP contribution in [0.25, 0.3) is 0 Å². The van der Waals surface area contributed by atoms with Gasteiger partial charge < -0.3 is 10.7 Å². The van der Waals surface area contributed by atoms with Gasteiger partial charge in [0.1, 0.15) is 11.6 Å². The smallest absolute Gasteiger partial charge is 0.242 e. The lowest BCUT2D eigenvalue weighted by Crippen LogP contribution is -2.24. The summed E-state index contributed by atoms with van der Waals surface area (Å²) in [5.74, 6) is 4.97. The van der Waals surface area contributed by atoms with Gasteiger partial charge in [0.15, 0.2) is 0 Å². The number of nitrogens with one attached hydrogen (secondary N) is 2. The predicted octanol–water partition coefficient (Wildman–Crippen LogP) is 0.337. The molecule has 0 aliphatic rings. The highest BCUT2D eigenvalue weighted by molar-refractivity contribution is 7.89. The van der Waals surface area contributed by atoms with Crippen LogP contribution >= 0.6 is 0 Å². The molecule has 0 bridgehead atoms. The average molecular weight is 308 g/mol. The van der Waals surface area contributed by atoms with Crippen molar-refractivity contribution >= 4 is 10.0 Å². The number of aromatic amines is 1. The number of H-pyrrole nitrogens is 1. The fourth-order valence-corrected chi connectivity index (χ4v) is 2.75. The number of hydrogen-bond donors (Lipinski definition) is 3. The first-order valence-corrected chi connectivity index (χ1v) is 7.47. The minimum absolute atomic E-state index is 0.00350. The summed E-state index contributed by atoms with van der Waals surface area (Å²) in [6, 6.07) is 3.29. The summed E-state index contributed by atoms with van der Waals surface area (Å²) in [7, 11) is -3.83. The highest BCUT2D eigenvalue weighted by Gasteiger charge is 2.18. The molecular formula is C13H13FN4O2S. The fourth-order valence-electron chi connectivity index (χ4n) is 1.62. The van der Waals surface area contributed by atoms with Crippen LogP contribution in [-0.4, -0.2) is 24.9 Å². The average Bonchev–Trinajstić information content (AvgIpc) is 2.96. The van der Waals surface area contributed by atoms with Crippen molar-refractivity contribution in [2.45, 2.75) is 11.4 Å². The van der Waals surface area contributed by atoms with Crippen molar-refractivity contribution in [1.82, 2.24) is 14.7 Å². The van der Waals surface area contributed by atoms with Gasteiger partial charge in [0.05, 0.1) is 18.0 Å². The molecule has 4 N–H and O–H groups in total. The normalized spacial score (nSPS) is 11.0. The van der Waals surface area contributed by atoms with E-state index in [2.05, 4.69) is 26.5 Å². The molecule has 1 aromatic carbocycles. The number of aromatic nitrogens is 2. The topological polar surface area (TPSA) is 101 Å². The molecule has 0 radical (unpaired) electrons. The lowest BCUT2D eigenvalue weighted by atomic mass is 10.2. The van der Waals surface area contributed by atoms with E-state index in [1.54, 1.807) is 6.20 Å². The Bertz CT molecular complexity index is 776. The molecule has 0 aliphatic heterocycles. The largest absolute Gasteiger partial charge is 0.347 e. The molecule has 2 aromatic rings. The minimum atomic E-state index is -3.83. The summed E-state index contributed by atoms with van der Waals surface area (Å²) in [5, 5.41) is 0. The van der Waals surface area contributed by atoms with Crippen molar-refractivity contribution in [2.75, 3.05) is 6.54 Å². The zero-order chi connectivity index (χ0) is 15.3. The quantitative estimate of drug-likeness (QED) is 0.709. The summed E-state index contributed by atoms with van der Waals surface area (Å²) < 4.78 is 40.1. The van der Waals surface area contributed by atoms with E-state index in [4.69, 9.17) is 5.73 Å². The summed E-state index contributed by atoms with van der Waals surface area (Å²) in [5.41, 5.74) is 5.31. The van der Waals surface area contributed by atoms with Crippen molar-refractivity contribution in [3.63, 3.8) is 0 Å². The van der Waals surface area contributed by atoms with Crippen LogP contribution in [0.1, 0.15) is 11.4 Å². The Morgan fingerprint density at radius 3 is 2.90 bits per heavy atom. The Kier molecular flexibility index (Phi) is 4.70. The summed E-state index contributed by atoms with van der Waals surface area (Å²) in [6.45, 7) is 0.0479. The van der Waals surface area contributed by atoms with Crippen molar-refractivity contribution in [3.8, 4) is 11.8 Å². The van der Waals surface area contributed by atoms with Gasteiger partial charge in [0.25, 0.3) is 0 Å². The second-order valence-corrected chi connectivity index (χ2v) is 5.74. The molecule has 1 aromatic heterocycles. The summed E-state index contributed by atoms with van der Waals surface area (Å²) in [6.07, 6.45) is 3.10. The van der Waals surface area contributed by atoms with Gasteiger partial charge in [0, 0.05) is 18.0 Å². The number of rotatable bonds is 4. The molecule has 0 aliphatic carbocycles. The van der Waals surface area contributed by atoms with Gasteiger partial charge in [-0.25, -0.2) is 22.5 Å². The molecule has 0 saturated carbocycles. The van der Waals surface area contributed by atoms with Crippen LogP contribution in [0.15, 0.2) is 35.5 Å². The van der Waals surface area contributed by atoms with E-state index in [-0.39, 0.29) is 23.5 Å². The van der Waals surface area contributed by atoms with E-state index in [1.165, 1.54) is 12.3 Å². The third kappa shape index (κ3) is 3.88. The first kappa shape index (κ1) is 15.2. The van der Waals surface area contributed by atoms with E-state index in [0.29, 0.717) is 5.82 Å². The molecule has 0 atom stereocenters. The SMILES string of the molecule is NCC#Cc1cc(F)ccc1S(=O)(=O)NCc1ncc[nH]1. The molecule has 0 unspecified atom stereocenters. The Morgan fingerprint density at radius 2 is 2.24 bits per heavy atom. The minimum Gasteiger partial charge on any atom is -0.347 e. The van der Waals surface area contributed by atoms with E-state index in [1.807, 2.05) is 0 Å². The van der Waals surface area contributed by atoms with Gasteiger partial charge in [-0.3, -0.25) is 0 Å². The maximum atomic E-state index is 13.2. The van der Waals surface area contributed by atoms with Crippen LogP contribution in [0.3, 0.4) is 0 Å². The standard InChI is InChI=1S/C13H13FN4O2S/c14-11-3-4-12(10(8-11)2-1-5-15)21(19,20)18-9-13-16-6-7-17-13/h3-4,6-8,18H,5,9,15H2,(H,16,17). The first-order chi connectivity index (χ1) is 10.0. The van der Waals surface area contributed by atoms with E-state index in [9.17, 15) is 12.8 Å². The first-order valence-electron chi connectivity index (χ1n) is 5.99. The van der Waals surface area contributed by atoms with Crippen molar-refractivity contribution in [2.24, 2.45) is 5.73 Å². The lowest BCUT2D eigenvalue weighted by molar-refractivity contribution is 0.578. The van der Waals surface area contributed by atoms with Gasteiger partial charge >= 0.3 is 0 Å². The summed E-state index contributed by atoms with van der Waals surface area (Å²) in [4.78, 5) is 6.59. The molecule has 0 fully saturated rings. The van der Waals surface area contributed by atoms with E-state index < -0.39 is 15.8 Å². The molecule has 0 spiro atoms. The monoisotopic (exact) mass is 308 g/mol. The number of benzene rings is 1. The lowest BCUT2D eigenvalue weighted by Gasteiger charge is -2.07. The Hall–Kier alpha value is -2.21. The molecule has 110 valence electrons. The highest BCUT2D eigenvalue weighted by atomic mass is 32.2. The van der Waals surface area contributed by atoms with Crippen LogP contribution in [0, 0.1) is 17.7 Å².